The molecule has 0 bridgehead atoms. The molecule has 3 rings (SSSR count). The molecule has 2 amide bonds. The maximum atomic E-state index is 12.9. The number of piperazine rings is 1. The number of rotatable bonds is 6. The SMILES string of the molecule is CCCN1CCC(CC(=O)N2CCNC(=O)[C@H]2Cc2cnc[nH]2)CC1. The Balaban J connectivity index is 1.56. The number of hydrogen-bond acceptors (Lipinski definition) is 4. The monoisotopic (exact) mass is 347 g/mol. The average Bonchev–Trinajstić information content (AvgIpc) is 3.12. The van der Waals surface area contributed by atoms with Gasteiger partial charge in [-0.2, -0.15) is 0 Å². The predicted octanol–water partition coefficient (Wildman–Crippen LogP) is 0.791. The summed E-state index contributed by atoms with van der Waals surface area (Å²) in [7, 11) is 0. The summed E-state index contributed by atoms with van der Waals surface area (Å²) < 4.78 is 0. The maximum absolute atomic E-state index is 12.9. The van der Waals surface area contributed by atoms with E-state index in [9.17, 15) is 9.59 Å². The van der Waals surface area contributed by atoms with E-state index in [0.29, 0.717) is 31.8 Å². The molecule has 0 unspecified atom stereocenters. The third-order valence-electron chi connectivity index (χ3n) is 5.33. The largest absolute Gasteiger partial charge is 0.353 e. The van der Waals surface area contributed by atoms with Crippen molar-refractivity contribution in [1.82, 2.24) is 25.1 Å². The molecule has 7 nitrogen and oxygen atoms in total. The molecule has 2 N–H and O–H groups in total. The molecule has 2 saturated heterocycles. The first-order chi connectivity index (χ1) is 12.2. The van der Waals surface area contributed by atoms with Crippen molar-refractivity contribution in [3.05, 3.63) is 18.2 Å². The van der Waals surface area contributed by atoms with Gasteiger partial charge >= 0.3 is 0 Å². The van der Waals surface area contributed by atoms with Gasteiger partial charge in [0.1, 0.15) is 6.04 Å². The lowest BCUT2D eigenvalue weighted by Gasteiger charge is -2.37. The molecule has 0 radical (unpaired) electrons. The minimum atomic E-state index is -0.429. The van der Waals surface area contributed by atoms with E-state index in [1.165, 1.54) is 6.42 Å². The molecule has 25 heavy (non-hydrogen) atoms. The van der Waals surface area contributed by atoms with E-state index in [2.05, 4.69) is 27.1 Å². The molecule has 1 aromatic rings. The van der Waals surface area contributed by atoms with Crippen LogP contribution >= 0.6 is 0 Å². The Morgan fingerprint density at radius 1 is 1.32 bits per heavy atom. The summed E-state index contributed by atoms with van der Waals surface area (Å²) in [4.78, 5) is 36.5. The minimum absolute atomic E-state index is 0.0630. The van der Waals surface area contributed by atoms with Crippen molar-refractivity contribution in [3.8, 4) is 0 Å². The molecule has 0 aliphatic carbocycles. The van der Waals surface area contributed by atoms with Gasteiger partial charge in [0.15, 0.2) is 0 Å². The first-order valence-corrected chi connectivity index (χ1v) is 9.44. The number of amides is 2. The summed E-state index contributed by atoms with van der Waals surface area (Å²) in [5, 5.41) is 2.88. The lowest BCUT2D eigenvalue weighted by atomic mass is 9.92. The minimum Gasteiger partial charge on any atom is -0.353 e. The fraction of sp³-hybridized carbons (Fsp3) is 0.722. The van der Waals surface area contributed by atoms with Gasteiger partial charge in [0.25, 0.3) is 0 Å². The number of H-pyrrole nitrogens is 1. The summed E-state index contributed by atoms with van der Waals surface area (Å²) >= 11 is 0. The fourth-order valence-corrected chi connectivity index (χ4v) is 3.92. The van der Waals surface area contributed by atoms with Crippen molar-refractivity contribution < 1.29 is 9.59 Å². The van der Waals surface area contributed by atoms with E-state index in [1.54, 1.807) is 17.4 Å². The van der Waals surface area contributed by atoms with Gasteiger partial charge in [-0.3, -0.25) is 9.59 Å². The first kappa shape index (κ1) is 17.9. The van der Waals surface area contributed by atoms with Crippen LogP contribution in [0.4, 0.5) is 0 Å². The lowest BCUT2D eigenvalue weighted by molar-refractivity contribution is -0.144. The Bertz CT molecular complexity index is 566. The zero-order valence-corrected chi connectivity index (χ0v) is 15.0. The topological polar surface area (TPSA) is 81.3 Å². The van der Waals surface area contributed by atoms with Gasteiger partial charge in [-0.25, -0.2) is 4.98 Å². The van der Waals surface area contributed by atoms with Crippen LogP contribution in [0.15, 0.2) is 12.5 Å². The molecule has 2 aliphatic rings. The summed E-state index contributed by atoms with van der Waals surface area (Å²) in [5.41, 5.74) is 0.882. The number of piperidine rings is 1. The van der Waals surface area contributed by atoms with Crippen molar-refractivity contribution in [3.63, 3.8) is 0 Å². The number of aromatic nitrogens is 2. The van der Waals surface area contributed by atoms with Crippen LogP contribution in [0.25, 0.3) is 0 Å². The Kier molecular flexibility index (Phi) is 6.07. The molecule has 2 fully saturated rings. The number of hydrogen-bond donors (Lipinski definition) is 2. The maximum Gasteiger partial charge on any atom is 0.243 e. The highest BCUT2D eigenvalue weighted by atomic mass is 16.2. The number of likely N-dealkylation sites (tertiary alicyclic amines) is 1. The molecule has 1 aromatic heterocycles. The number of imidazole rings is 1. The zero-order valence-electron chi connectivity index (χ0n) is 15.0. The molecular weight excluding hydrogens is 318 g/mol. The normalized spacial score (nSPS) is 22.8. The van der Waals surface area contributed by atoms with Gasteiger partial charge in [0.2, 0.25) is 11.8 Å². The van der Waals surface area contributed by atoms with Crippen molar-refractivity contribution in [2.45, 2.75) is 45.1 Å². The highest BCUT2D eigenvalue weighted by Crippen LogP contribution is 2.23. The van der Waals surface area contributed by atoms with E-state index >= 15 is 0 Å². The van der Waals surface area contributed by atoms with Crippen molar-refractivity contribution in [1.29, 1.82) is 0 Å². The van der Waals surface area contributed by atoms with Crippen LogP contribution in [0.5, 0.6) is 0 Å². The van der Waals surface area contributed by atoms with Crippen molar-refractivity contribution in [2.24, 2.45) is 5.92 Å². The van der Waals surface area contributed by atoms with Gasteiger partial charge in [0, 0.05) is 37.8 Å². The number of nitrogens with zero attached hydrogens (tertiary/aromatic N) is 3. The van der Waals surface area contributed by atoms with Crippen LogP contribution in [-0.4, -0.2) is 70.3 Å². The molecule has 138 valence electrons. The lowest BCUT2D eigenvalue weighted by Crippen LogP contribution is -2.58. The van der Waals surface area contributed by atoms with E-state index in [-0.39, 0.29) is 11.8 Å². The number of aromatic amines is 1. The Morgan fingerprint density at radius 3 is 2.80 bits per heavy atom. The number of nitrogens with one attached hydrogen (secondary N) is 2. The summed E-state index contributed by atoms with van der Waals surface area (Å²) in [5.74, 6) is 0.499. The zero-order chi connectivity index (χ0) is 17.6. The van der Waals surface area contributed by atoms with E-state index in [4.69, 9.17) is 0 Å². The second kappa shape index (κ2) is 8.47. The molecule has 0 spiro atoms. The fourth-order valence-electron chi connectivity index (χ4n) is 3.92. The van der Waals surface area contributed by atoms with Crippen molar-refractivity contribution in [2.75, 3.05) is 32.7 Å². The van der Waals surface area contributed by atoms with Gasteiger partial charge in [-0.15, -0.1) is 0 Å². The standard InChI is InChI=1S/C18H29N5O2/c1-2-6-22-7-3-14(4-8-22)10-17(24)23-9-5-20-18(25)16(23)11-15-12-19-13-21-15/h12-14,16H,2-11H2,1H3,(H,19,21)(H,20,25)/t16-/m1/s1. The third-order valence-corrected chi connectivity index (χ3v) is 5.33. The molecule has 1 atom stereocenters. The quantitative estimate of drug-likeness (QED) is 0.797. The summed E-state index contributed by atoms with van der Waals surface area (Å²) in [6, 6.07) is -0.429. The van der Waals surface area contributed by atoms with Gasteiger partial charge in [0.05, 0.1) is 6.33 Å². The van der Waals surface area contributed by atoms with Gasteiger partial charge in [-0.05, 0) is 44.8 Å². The Hall–Kier alpha value is -1.89. The van der Waals surface area contributed by atoms with Gasteiger partial charge < -0.3 is 20.1 Å². The first-order valence-electron chi connectivity index (χ1n) is 9.44. The van der Waals surface area contributed by atoms with Crippen LogP contribution in [0.1, 0.15) is 38.3 Å². The molecule has 0 aromatic carbocycles. The van der Waals surface area contributed by atoms with E-state index < -0.39 is 6.04 Å². The van der Waals surface area contributed by atoms with Crippen LogP contribution in [-0.2, 0) is 16.0 Å². The van der Waals surface area contributed by atoms with Crippen LogP contribution in [0.3, 0.4) is 0 Å². The van der Waals surface area contributed by atoms with Crippen molar-refractivity contribution >= 4 is 11.8 Å². The van der Waals surface area contributed by atoms with Crippen LogP contribution in [0, 0.1) is 5.92 Å². The molecule has 0 saturated carbocycles. The molecule has 2 aliphatic heterocycles. The summed E-state index contributed by atoms with van der Waals surface area (Å²) in [6.07, 6.45) is 7.72. The van der Waals surface area contributed by atoms with Gasteiger partial charge in [-0.1, -0.05) is 6.92 Å². The Morgan fingerprint density at radius 2 is 2.12 bits per heavy atom. The third kappa shape index (κ3) is 4.60. The molecular formula is C18H29N5O2. The molecule has 7 heteroatoms. The van der Waals surface area contributed by atoms with Crippen LogP contribution < -0.4 is 5.32 Å². The smallest absolute Gasteiger partial charge is 0.243 e. The van der Waals surface area contributed by atoms with Crippen LogP contribution in [0.2, 0.25) is 0 Å². The average molecular weight is 347 g/mol. The second-order valence-corrected chi connectivity index (χ2v) is 7.16. The van der Waals surface area contributed by atoms with E-state index in [0.717, 1.165) is 38.2 Å². The molecule has 3 heterocycles. The van der Waals surface area contributed by atoms with E-state index in [1.807, 2.05) is 0 Å². The number of carbonyl (C=O) groups excluding carboxylic acids is 2. The highest BCUT2D eigenvalue weighted by molar-refractivity contribution is 5.89. The second-order valence-electron chi connectivity index (χ2n) is 7.16. The Labute approximate surface area is 149 Å². The number of carbonyl (C=O) groups is 2. The highest BCUT2D eigenvalue weighted by Gasteiger charge is 2.34. The summed E-state index contributed by atoms with van der Waals surface area (Å²) in [6.45, 7) is 6.67. The predicted molar refractivity (Wildman–Crippen MR) is 94.9 cm³/mol.